The van der Waals surface area contributed by atoms with Gasteiger partial charge in [0.15, 0.2) is 5.82 Å². The summed E-state index contributed by atoms with van der Waals surface area (Å²) in [5.41, 5.74) is 2.71. The van der Waals surface area contributed by atoms with Crippen LogP contribution in [0.5, 0.6) is 5.75 Å². The second kappa shape index (κ2) is 9.16. The molecule has 4 rings (SSSR count). The van der Waals surface area contributed by atoms with E-state index in [-0.39, 0.29) is 4.90 Å². The molecule has 3 aromatic rings. The Kier molecular flexibility index (Phi) is 6.32. The molecule has 0 saturated carbocycles. The molecule has 0 spiro atoms. The minimum absolute atomic E-state index is 0.182. The summed E-state index contributed by atoms with van der Waals surface area (Å²) in [6.07, 6.45) is 2.33. The number of nitrogens with one attached hydrogen (secondary N) is 1. The topological polar surface area (TPSA) is 84.4 Å². The van der Waals surface area contributed by atoms with E-state index >= 15 is 0 Å². The van der Waals surface area contributed by atoms with Crippen molar-refractivity contribution in [3.8, 4) is 17.0 Å². The highest BCUT2D eigenvalue weighted by molar-refractivity contribution is 7.92. The number of piperidine rings is 1. The molecule has 1 N–H and O–H groups in total. The van der Waals surface area contributed by atoms with E-state index < -0.39 is 10.0 Å². The van der Waals surface area contributed by atoms with Crippen LogP contribution in [-0.2, 0) is 10.0 Å². The van der Waals surface area contributed by atoms with Crippen molar-refractivity contribution in [2.45, 2.75) is 31.6 Å². The molecule has 7 nitrogen and oxygen atoms in total. The van der Waals surface area contributed by atoms with Gasteiger partial charge < -0.3 is 9.64 Å². The summed E-state index contributed by atoms with van der Waals surface area (Å²) >= 11 is 0. The van der Waals surface area contributed by atoms with Gasteiger partial charge in [0.1, 0.15) is 5.75 Å². The van der Waals surface area contributed by atoms with Crippen molar-refractivity contribution < 1.29 is 13.2 Å². The van der Waals surface area contributed by atoms with Crippen LogP contribution in [0, 0.1) is 12.8 Å². The van der Waals surface area contributed by atoms with Crippen LogP contribution in [-0.4, -0.2) is 38.8 Å². The zero-order valence-electron chi connectivity index (χ0n) is 18.6. The summed E-state index contributed by atoms with van der Waals surface area (Å²) in [6.45, 7) is 6.09. The first-order chi connectivity index (χ1) is 15.4. The monoisotopic (exact) mass is 452 g/mol. The fourth-order valence-electron chi connectivity index (χ4n) is 3.86. The Bertz CT molecular complexity index is 1190. The maximum absolute atomic E-state index is 12.9. The third kappa shape index (κ3) is 4.85. The second-order valence-electron chi connectivity index (χ2n) is 8.26. The number of anilines is 2. The van der Waals surface area contributed by atoms with E-state index in [1.807, 2.05) is 25.1 Å². The Morgan fingerprint density at radius 2 is 1.81 bits per heavy atom. The van der Waals surface area contributed by atoms with Gasteiger partial charge >= 0.3 is 0 Å². The lowest BCUT2D eigenvalue weighted by Gasteiger charge is -2.30. The number of hydrogen-bond donors (Lipinski definition) is 1. The van der Waals surface area contributed by atoms with Crippen LogP contribution in [0.1, 0.15) is 25.3 Å². The third-order valence-electron chi connectivity index (χ3n) is 5.85. The molecule has 0 amide bonds. The largest absolute Gasteiger partial charge is 0.496 e. The first kappa shape index (κ1) is 22.1. The number of rotatable bonds is 6. The fraction of sp³-hybridized carbons (Fsp3) is 0.333. The van der Waals surface area contributed by atoms with Gasteiger partial charge in [-0.2, -0.15) is 0 Å². The maximum Gasteiger partial charge on any atom is 0.261 e. The standard InChI is InChI=1S/C24H28N4O3S/c1-17-11-13-28(14-12-17)24-10-8-22(25-26-24)19-5-4-6-20(16-19)27-32(29,30)21-7-9-23(31-3)18(2)15-21/h4-10,15-17,27H,11-14H2,1-3H3. The highest BCUT2D eigenvalue weighted by atomic mass is 32.2. The van der Waals surface area contributed by atoms with E-state index in [0.717, 1.165) is 36.0 Å². The number of aromatic nitrogens is 2. The molecule has 0 atom stereocenters. The molecule has 0 radical (unpaired) electrons. The predicted molar refractivity (Wildman–Crippen MR) is 127 cm³/mol. The minimum Gasteiger partial charge on any atom is -0.496 e. The van der Waals surface area contributed by atoms with Crippen LogP contribution < -0.4 is 14.4 Å². The maximum atomic E-state index is 12.9. The van der Waals surface area contributed by atoms with Crippen LogP contribution in [0.15, 0.2) is 59.5 Å². The lowest BCUT2D eigenvalue weighted by atomic mass is 9.99. The summed E-state index contributed by atoms with van der Waals surface area (Å²) in [7, 11) is -2.18. The van der Waals surface area contributed by atoms with Gasteiger partial charge in [-0.05, 0) is 73.7 Å². The van der Waals surface area contributed by atoms with E-state index in [9.17, 15) is 8.42 Å². The Balaban J connectivity index is 1.51. The smallest absolute Gasteiger partial charge is 0.261 e. The van der Waals surface area contributed by atoms with Crippen molar-refractivity contribution in [3.63, 3.8) is 0 Å². The van der Waals surface area contributed by atoms with E-state index in [2.05, 4.69) is 26.7 Å². The normalized spacial score (nSPS) is 14.9. The highest BCUT2D eigenvalue weighted by Gasteiger charge is 2.18. The van der Waals surface area contributed by atoms with Gasteiger partial charge in [0, 0.05) is 24.3 Å². The Morgan fingerprint density at radius 3 is 2.47 bits per heavy atom. The fourth-order valence-corrected chi connectivity index (χ4v) is 4.99. The molecule has 1 aromatic heterocycles. The van der Waals surface area contributed by atoms with E-state index in [0.29, 0.717) is 17.1 Å². The summed E-state index contributed by atoms with van der Waals surface area (Å²) < 4.78 is 33.6. The summed E-state index contributed by atoms with van der Waals surface area (Å²) in [6, 6.07) is 15.9. The van der Waals surface area contributed by atoms with Crippen molar-refractivity contribution in [1.29, 1.82) is 0 Å². The van der Waals surface area contributed by atoms with Crippen molar-refractivity contribution >= 4 is 21.5 Å². The number of methoxy groups -OCH3 is 1. The third-order valence-corrected chi connectivity index (χ3v) is 7.22. The van der Waals surface area contributed by atoms with Crippen LogP contribution in [0.25, 0.3) is 11.3 Å². The van der Waals surface area contributed by atoms with Crippen molar-refractivity contribution in [2.24, 2.45) is 5.92 Å². The second-order valence-corrected chi connectivity index (χ2v) is 9.95. The van der Waals surface area contributed by atoms with Crippen molar-refractivity contribution in [2.75, 3.05) is 29.8 Å². The minimum atomic E-state index is -3.73. The molecule has 8 heteroatoms. The lowest BCUT2D eigenvalue weighted by molar-refractivity contribution is 0.411. The average molecular weight is 453 g/mol. The number of nitrogens with zero attached hydrogens (tertiary/aromatic N) is 3. The molecule has 32 heavy (non-hydrogen) atoms. The molecule has 0 aliphatic carbocycles. The zero-order valence-corrected chi connectivity index (χ0v) is 19.4. The molecule has 168 valence electrons. The molecular formula is C24H28N4O3S. The summed E-state index contributed by atoms with van der Waals surface area (Å²) in [5, 5.41) is 8.79. The Morgan fingerprint density at radius 1 is 1.03 bits per heavy atom. The van der Waals surface area contributed by atoms with Gasteiger partial charge in [-0.3, -0.25) is 4.72 Å². The quantitative estimate of drug-likeness (QED) is 0.593. The SMILES string of the molecule is COc1ccc(S(=O)(=O)Nc2cccc(-c3ccc(N4CCC(C)CC4)nn3)c2)cc1C. The molecule has 1 aliphatic heterocycles. The number of benzene rings is 2. The van der Waals surface area contributed by atoms with E-state index in [1.165, 1.54) is 18.9 Å². The molecule has 2 aromatic carbocycles. The molecule has 0 bridgehead atoms. The Labute approximate surface area is 189 Å². The molecule has 1 fully saturated rings. The van der Waals surface area contributed by atoms with E-state index in [1.54, 1.807) is 37.4 Å². The molecule has 1 aliphatic rings. The predicted octanol–water partition coefficient (Wildman–Crippen LogP) is 4.50. The van der Waals surface area contributed by atoms with Crippen LogP contribution >= 0.6 is 0 Å². The van der Waals surface area contributed by atoms with E-state index in [4.69, 9.17) is 4.74 Å². The first-order valence-electron chi connectivity index (χ1n) is 10.7. The van der Waals surface area contributed by atoms with Crippen molar-refractivity contribution in [1.82, 2.24) is 10.2 Å². The van der Waals surface area contributed by atoms with Gasteiger partial charge in [0.05, 0.1) is 17.7 Å². The number of sulfonamides is 1. The lowest BCUT2D eigenvalue weighted by Crippen LogP contribution is -2.33. The van der Waals surface area contributed by atoms with Crippen molar-refractivity contribution in [3.05, 3.63) is 60.2 Å². The van der Waals surface area contributed by atoms with Gasteiger partial charge in [-0.25, -0.2) is 8.42 Å². The Hall–Kier alpha value is -3.13. The van der Waals surface area contributed by atoms with Crippen LogP contribution in [0.2, 0.25) is 0 Å². The number of aryl methyl sites for hydroxylation is 1. The number of ether oxygens (including phenoxy) is 1. The summed E-state index contributed by atoms with van der Waals surface area (Å²) in [4.78, 5) is 2.44. The number of hydrogen-bond acceptors (Lipinski definition) is 6. The molecule has 1 saturated heterocycles. The highest BCUT2D eigenvalue weighted by Crippen LogP contribution is 2.27. The van der Waals surface area contributed by atoms with Gasteiger partial charge in [-0.1, -0.05) is 19.1 Å². The van der Waals surface area contributed by atoms with Gasteiger partial charge in [0.2, 0.25) is 0 Å². The zero-order chi connectivity index (χ0) is 22.7. The average Bonchev–Trinajstić information content (AvgIpc) is 2.79. The van der Waals surface area contributed by atoms with Crippen LogP contribution in [0.3, 0.4) is 0 Å². The van der Waals surface area contributed by atoms with Gasteiger partial charge in [-0.15, -0.1) is 10.2 Å². The molecule has 0 unspecified atom stereocenters. The summed E-state index contributed by atoms with van der Waals surface area (Å²) in [5.74, 6) is 2.28. The molecular weight excluding hydrogens is 424 g/mol. The van der Waals surface area contributed by atoms with Gasteiger partial charge in [0.25, 0.3) is 10.0 Å². The molecule has 2 heterocycles. The first-order valence-corrected chi connectivity index (χ1v) is 12.2. The van der Waals surface area contributed by atoms with Crippen LogP contribution in [0.4, 0.5) is 11.5 Å².